The number of hydrogen-bond donors (Lipinski definition) is 0. The number of ether oxygens (including phenoxy) is 1. The molecule has 1 heterocycles. The number of carbonyl (C=O) groups is 2. The van der Waals surface area contributed by atoms with Crippen molar-refractivity contribution in [3.8, 4) is 0 Å². The topological polar surface area (TPSA) is 51.5 Å². The normalized spacial score (nSPS) is 10.6. The van der Waals surface area contributed by atoms with E-state index in [2.05, 4.69) is 4.74 Å². The predicted molar refractivity (Wildman–Crippen MR) is 68.8 cm³/mol. The average Bonchev–Trinajstić information content (AvgIpc) is 2.70. The second-order valence-corrected chi connectivity index (χ2v) is 4.72. The summed E-state index contributed by atoms with van der Waals surface area (Å²) in [4.78, 5) is 24.6. The van der Waals surface area contributed by atoms with Crippen LogP contribution in [0.15, 0.2) is 12.3 Å². The number of likely N-dealkylation sites (N-methyl/N-ethyl adjacent to an activating group) is 1. The van der Waals surface area contributed by atoms with Crippen LogP contribution in [0.5, 0.6) is 0 Å². The third-order valence-corrected chi connectivity index (χ3v) is 2.74. The largest absolute Gasteiger partial charge is 0.468 e. The molecule has 0 saturated carbocycles. The van der Waals surface area contributed by atoms with Gasteiger partial charge in [-0.05, 0) is 19.9 Å². The van der Waals surface area contributed by atoms with Gasteiger partial charge < -0.3 is 14.2 Å². The molecule has 0 radical (unpaired) electrons. The molecule has 18 heavy (non-hydrogen) atoms. The number of esters is 1. The third-order valence-electron chi connectivity index (χ3n) is 2.53. The predicted octanol–water partition coefficient (Wildman–Crippen LogP) is 1.97. The summed E-state index contributed by atoms with van der Waals surface area (Å²) in [6.07, 6.45) is 1.70. The highest BCUT2D eigenvalue weighted by atomic mass is 35.5. The summed E-state index contributed by atoms with van der Waals surface area (Å²) in [5.74, 6) is -0.722. The van der Waals surface area contributed by atoms with Crippen LogP contribution >= 0.6 is 11.6 Å². The van der Waals surface area contributed by atoms with Crippen molar-refractivity contribution in [2.45, 2.75) is 19.9 Å². The number of nitrogens with zero attached hydrogens (tertiary/aromatic N) is 2. The first kappa shape index (κ1) is 14.6. The van der Waals surface area contributed by atoms with Crippen molar-refractivity contribution in [1.82, 2.24) is 9.47 Å². The average molecular weight is 273 g/mol. The third kappa shape index (κ3) is 3.26. The first-order valence-electron chi connectivity index (χ1n) is 5.56. The summed E-state index contributed by atoms with van der Waals surface area (Å²) < 4.78 is 6.30. The summed E-state index contributed by atoms with van der Waals surface area (Å²) in [5, 5.41) is 0.499. The van der Waals surface area contributed by atoms with Gasteiger partial charge in [0.15, 0.2) is 0 Å². The molecule has 100 valence electrons. The number of rotatable bonds is 4. The van der Waals surface area contributed by atoms with E-state index in [1.54, 1.807) is 23.9 Å². The quantitative estimate of drug-likeness (QED) is 0.788. The van der Waals surface area contributed by atoms with E-state index in [9.17, 15) is 9.59 Å². The Morgan fingerprint density at radius 3 is 2.61 bits per heavy atom. The molecule has 0 N–H and O–H groups in total. The van der Waals surface area contributed by atoms with Gasteiger partial charge in [0.2, 0.25) is 0 Å². The Balaban J connectivity index is 2.93. The van der Waals surface area contributed by atoms with Gasteiger partial charge in [-0.15, -0.1) is 0 Å². The summed E-state index contributed by atoms with van der Waals surface area (Å²) in [5.41, 5.74) is 0.460. The van der Waals surface area contributed by atoms with Crippen LogP contribution in [0.4, 0.5) is 0 Å². The molecule has 0 aromatic carbocycles. The lowest BCUT2D eigenvalue weighted by Crippen LogP contribution is -2.34. The van der Waals surface area contributed by atoms with Gasteiger partial charge in [0, 0.05) is 19.3 Å². The SMILES string of the molecule is COC(=O)CN(C)C(=O)c1cc(Cl)cn1C(C)C. The maximum atomic E-state index is 12.2. The molecular weight excluding hydrogens is 256 g/mol. The molecule has 0 fully saturated rings. The van der Waals surface area contributed by atoms with Crippen LogP contribution in [-0.2, 0) is 9.53 Å². The van der Waals surface area contributed by atoms with E-state index in [1.807, 2.05) is 13.8 Å². The number of halogens is 1. The molecule has 1 aromatic rings. The van der Waals surface area contributed by atoms with Crippen LogP contribution in [-0.4, -0.2) is 42.0 Å². The van der Waals surface area contributed by atoms with Gasteiger partial charge in [-0.1, -0.05) is 11.6 Å². The van der Waals surface area contributed by atoms with Gasteiger partial charge in [-0.2, -0.15) is 0 Å². The highest BCUT2D eigenvalue weighted by Crippen LogP contribution is 2.19. The summed E-state index contributed by atoms with van der Waals surface area (Å²) in [7, 11) is 2.83. The minimum atomic E-state index is -0.459. The molecule has 0 saturated heterocycles. The summed E-state index contributed by atoms with van der Waals surface area (Å²) >= 11 is 5.91. The smallest absolute Gasteiger partial charge is 0.325 e. The lowest BCUT2D eigenvalue weighted by Gasteiger charge is -2.18. The Hall–Kier alpha value is -1.49. The highest BCUT2D eigenvalue weighted by Gasteiger charge is 2.20. The molecule has 0 atom stereocenters. The molecule has 1 rings (SSSR count). The number of aromatic nitrogens is 1. The highest BCUT2D eigenvalue weighted by molar-refractivity contribution is 6.31. The Morgan fingerprint density at radius 2 is 2.11 bits per heavy atom. The number of carbonyl (C=O) groups excluding carboxylic acids is 2. The van der Waals surface area contributed by atoms with E-state index in [1.165, 1.54) is 12.0 Å². The fourth-order valence-corrected chi connectivity index (χ4v) is 1.78. The Morgan fingerprint density at radius 1 is 1.50 bits per heavy atom. The van der Waals surface area contributed by atoms with Crippen molar-refractivity contribution >= 4 is 23.5 Å². The van der Waals surface area contributed by atoms with E-state index in [0.29, 0.717) is 10.7 Å². The molecule has 5 nitrogen and oxygen atoms in total. The van der Waals surface area contributed by atoms with Crippen molar-refractivity contribution in [2.75, 3.05) is 20.7 Å². The minimum absolute atomic E-state index is 0.0871. The van der Waals surface area contributed by atoms with Gasteiger partial charge in [-0.25, -0.2) is 0 Å². The van der Waals surface area contributed by atoms with Crippen molar-refractivity contribution in [3.05, 3.63) is 23.0 Å². The molecule has 1 amide bonds. The van der Waals surface area contributed by atoms with Gasteiger partial charge in [0.1, 0.15) is 12.2 Å². The Labute approximate surface area is 111 Å². The molecule has 0 bridgehead atoms. The fraction of sp³-hybridized carbons (Fsp3) is 0.500. The van der Waals surface area contributed by atoms with Crippen LogP contribution in [0, 0.1) is 0 Å². The minimum Gasteiger partial charge on any atom is -0.468 e. The molecule has 0 aliphatic carbocycles. The van der Waals surface area contributed by atoms with Gasteiger partial charge in [0.25, 0.3) is 5.91 Å². The van der Waals surface area contributed by atoms with Crippen molar-refractivity contribution in [3.63, 3.8) is 0 Å². The van der Waals surface area contributed by atoms with E-state index in [4.69, 9.17) is 11.6 Å². The van der Waals surface area contributed by atoms with E-state index in [0.717, 1.165) is 0 Å². The van der Waals surface area contributed by atoms with E-state index < -0.39 is 5.97 Å². The monoisotopic (exact) mass is 272 g/mol. The zero-order valence-electron chi connectivity index (χ0n) is 10.9. The standard InChI is InChI=1S/C12H17ClN2O3/c1-8(2)15-6-9(13)5-10(15)12(17)14(3)7-11(16)18-4/h5-6,8H,7H2,1-4H3. The first-order valence-corrected chi connectivity index (χ1v) is 5.94. The van der Waals surface area contributed by atoms with Crippen molar-refractivity contribution < 1.29 is 14.3 Å². The van der Waals surface area contributed by atoms with Crippen LogP contribution in [0.1, 0.15) is 30.4 Å². The van der Waals surface area contributed by atoms with Crippen LogP contribution in [0.2, 0.25) is 5.02 Å². The van der Waals surface area contributed by atoms with Gasteiger partial charge in [0.05, 0.1) is 12.1 Å². The molecule has 0 spiro atoms. The van der Waals surface area contributed by atoms with Crippen LogP contribution in [0.25, 0.3) is 0 Å². The number of hydrogen-bond acceptors (Lipinski definition) is 3. The molecule has 0 unspecified atom stereocenters. The first-order chi connectivity index (χ1) is 8.36. The molecule has 0 aliphatic heterocycles. The van der Waals surface area contributed by atoms with Crippen molar-refractivity contribution in [1.29, 1.82) is 0 Å². The zero-order chi connectivity index (χ0) is 13.9. The maximum absolute atomic E-state index is 12.2. The van der Waals surface area contributed by atoms with Crippen LogP contribution in [0.3, 0.4) is 0 Å². The Bertz CT molecular complexity index is 454. The van der Waals surface area contributed by atoms with E-state index in [-0.39, 0.29) is 18.5 Å². The summed E-state index contributed by atoms with van der Waals surface area (Å²) in [6.45, 7) is 3.82. The maximum Gasteiger partial charge on any atom is 0.325 e. The zero-order valence-corrected chi connectivity index (χ0v) is 11.7. The van der Waals surface area contributed by atoms with Crippen molar-refractivity contribution in [2.24, 2.45) is 0 Å². The van der Waals surface area contributed by atoms with Gasteiger partial charge in [-0.3, -0.25) is 9.59 Å². The Kier molecular flexibility index (Phi) is 4.78. The lowest BCUT2D eigenvalue weighted by molar-refractivity contribution is -0.141. The van der Waals surface area contributed by atoms with Crippen LogP contribution < -0.4 is 0 Å². The second kappa shape index (κ2) is 5.91. The van der Waals surface area contributed by atoms with Gasteiger partial charge >= 0.3 is 5.97 Å². The fourth-order valence-electron chi connectivity index (χ4n) is 1.57. The van der Waals surface area contributed by atoms with E-state index >= 15 is 0 Å². The summed E-state index contributed by atoms with van der Waals surface area (Å²) in [6, 6.07) is 1.71. The molecule has 6 heteroatoms. The lowest BCUT2D eigenvalue weighted by atomic mass is 10.3. The number of methoxy groups -OCH3 is 1. The molecule has 1 aromatic heterocycles. The number of amides is 1. The molecular formula is C12H17ClN2O3. The second-order valence-electron chi connectivity index (χ2n) is 4.28. The molecule has 0 aliphatic rings.